The lowest BCUT2D eigenvalue weighted by atomic mass is 10.1. The molecule has 2 N–H and O–H groups in total. The molecule has 1 aromatic carbocycles. The molecule has 0 saturated carbocycles. The fraction of sp³-hybridized carbons (Fsp3) is 0.353. The molecule has 130 valence electrons. The summed E-state index contributed by atoms with van der Waals surface area (Å²) in [6.07, 6.45) is 1.18. The molecule has 1 rings (SSSR count). The average molecular weight is 336 g/mol. The summed E-state index contributed by atoms with van der Waals surface area (Å²) in [7, 11) is 0. The molecule has 0 amide bonds. The smallest absolute Gasteiger partial charge is 0.339 e. The number of rotatable bonds is 8. The van der Waals surface area contributed by atoms with Gasteiger partial charge in [0.05, 0.1) is 17.2 Å². The van der Waals surface area contributed by atoms with Crippen molar-refractivity contribution in [3.8, 4) is 0 Å². The van der Waals surface area contributed by atoms with E-state index in [-0.39, 0.29) is 24.2 Å². The molecule has 0 aliphatic carbocycles. The average Bonchev–Trinajstić information content (AvgIpc) is 2.52. The Hall–Kier alpha value is -2.67. The number of aliphatic hydroxyl groups excluding tert-OH is 1. The van der Waals surface area contributed by atoms with E-state index in [1.54, 1.807) is 6.92 Å². The molecule has 0 aromatic heterocycles. The van der Waals surface area contributed by atoms with E-state index in [0.717, 1.165) is 0 Å². The number of esters is 2. The quantitative estimate of drug-likeness (QED) is 0.550. The molecule has 0 radical (unpaired) electrons. The van der Waals surface area contributed by atoms with Gasteiger partial charge in [-0.1, -0.05) is 18.2 Å². The van der Waals surface area contributed by atoms with Gasteiger partial charge in [0.25, 0.3) is 0 Å². The third-order valence-electron chi connectivity index (χ3n) is 2.97. The fourth-order valence-electron chi connectivity index (χ4n) is 1.96. The highest BCUT2D eigenvalue weighted by atomic mass is 16.6. The second-order valence-corrected chi connectivity index (χ2v) is 5.09. The topological polar surface area (TPSA) is 110 Å². The lowest BCUT2D eigenvalue weighted by Crippen LogP contribution is -2.28. The molecule has 2 atom stereocenters. The van der Waals surface area contributed by atoms with Crippen molar-refractivity contribution >= 4 is 17.9 Å². The first-order valence-corrected chi connectivity index (χ1v) is 7.36. The van der Waals surface area contributed by atoms with Crippen LogP contribution < -0.4 is 0 Å². The second kappa shape index (κ2) is 9.46. The number of hydrogen-bond donors (Lipinski definition) is 2. The minimum Gasteiger partial charge on any atom is -0.478 e. The summed E-state index contributed by atoms with van der Waals surface area (Å²) in [6.45, 7) is 2.87. The first kappa shape index (κ1) is 19.4. The molecular weight excluding hydrogens is 316 g/mol. The summed E-state index contributed by atoms with van der Waals surface area (Å²) in [6, 6.07) is 5.64. The fourth-order valence-corrected chi connectivity index (χ4v) is 1.96. The summed E-state index contributed by atoms with van der Waals surface area (Å²) in [5.41, 5.74) is -0.277. The van der Waals surface area contributed by atoms with Crippen molar-refractivity contribution in [2.24, 2.45) is 0 Å². The SMILES string of the molecule is CC=CC(=O)OC(COC(=O)c1ccccc1C(=O)O)CC(C)O. The van der Waals surface area contributed by atoms with Crippen LogP contribution in [0.3, 0.4) is 0 Å². The minimum atomic E-state index is -1.25. The summed E-state index contributed by atoms with van der Waals surface area (Å²) in [4.78, 5) is 34.7. The van der Waals surface area contributed by atoms with Crippen LogP contribution in [0.5, 0.6) is 0 Å². The van der Waals surface area contributed by atoms with Gasteiger partial charge in [0.1, 0.15) is 12.7 Å². The molecule has 0 aliphatic heterocycles. The van der Waals surface area contributed by atoms with E-state index < -0.39 is 30.1 Å². The summed E-state index contributed by atoms with van der Waals surface area (Å²) < 4.78 is 10.1. The third-order valence-corrected chi connectivity index (χ3v) is 2.97. The van der Waals surface area contributed by atoms with Crippen LogP contribution in [0, 0.1) is 0 Å². The van der Waals surface area contributed by atoms with Gasteiger partial charge >= 0.3 is 17.9 Å². The number of hydrogen-bond acceptors (Lipinski definition) is 6. The maximum absolute atomic E-state index is 12.1. The molecule has 24 heavy (non-hydrogen) atoms. The monoisotopic (exact) mass is 336 g/mol. The van der Waals surface area contributed by atoms with Gasteiger partial charge in [-0.15, -0.1) is 0 Å². The standard InChI is InChI=1S/C17H20O7/c1-3-6-15(19)24-12(9-11(2)18)10-23-17(22)14-8-5-4-7-13(14)16(20)21/h3-8,11-12,18H,9-10H2,1-2H3,(H,20,21). The van der Waals surface area contributed by atoms with E-state index in [9.17, 15) is 19.5 Å². The first-order valence-electron chi connectivity index (χ1n) is 7.36. The van der Waals surface area contributed by atoms with Crippen molar-refractivity contribution in [3.63, 3.8) is 0 Å². The number of carboxylic acid groups (broad SMARTS) is 1. The number of allylic oxidation sites excluding steroid dienone is 1. The van der Waals surface area contributed by atoms with Crippen LogP contribution >= 0.6 is 0 Å². The summed E-state index contributed by atoms with van der Waals surface area (Å²) >= 11 is 0. The van der Waals surface area contributed by atoms with Crippen LogP contribution in [-0.4, -0.2) is 46.9 Å². The van der Waals surface area contributed by atoms with E-state index >= 15 is 0 Å². The van der Waals surface area contributed by atoms with Crippen molar-refractivity contribution < 1.29 is 34.1 Å². The molecular formula is C17H20O7. The van der Waals surface area contributed by atoms with Gasteiger partial charge in [0.15, 0.2) is 0 Å². The van der Waals surface area contributed by atoms with Crippen LogP contribution in [-0.2, 0) is 14.3 Å². The molecule has 2 unspecified atom stereocenters. The van der Waals surface area contributed by atoms with E-state index in [0.29, 0.717) is 0 Å². The highest BCUT2D eigenvalue weighted by Gasteiger charge is 2.21. The van der Waals surface area contributed by atoms with Gasteiger partial charge < -0.3 is 19.7 Å². The molecule has 7 heteroatoms. The zero-order valence-electron chi connectivity index (χ0n) is 13.5. The maximum atomic E-state index is 12.1. The number of carbonyl (C=O) groups is 3. The van der Waals surface area contributed by atoms with Gasteiger partial charge in [-0.25, -0.2) is 14.4 Å². The Kier molecular flexibility index (Phi) is 7.64. The van der Waals surface area contributed by atoms with E-state index in [4.69, 9.17) is 14.6 Å². The van der Waals surface area contributed by atoms with Gasteiger partial charge in [0.2, 0.25) is 0 Å². The van der Waals surface area contributed by atoms with Crippen molar-refractivity contribution in [2.45, 2.75) is 32.5 Å². The molecule has 1 aromatic rings. The number of carbonyl (C=O) groups excluding carboxylic acids is 2. The summed E-state index contributed by atoms with van der Waals surface area (Å²) in [5, 5.41) is 18.5. The minimum absolute atomic E-state index is 0.0805. The number of aliphatic hydroxyl groups is 1. The Morgan fingerprint density at radius 1 is 1.21 bits per heavy atom. The normalized spacial score (nSPS) is 13.3. The van der Waals surface area contributed by atoms with Crippen LogP contribution in [0.1, 0.15) is 41.0 Å². The first-order chi connectivity index (χ1) is 11.3. The van der Waals surface area contributed by atoms with Gasteiger partial charge in [0, 0.05) is 12.5 Å². The predicted octanol–water partition coefficient (Wildman–Crippen LogP) is 1.80. The van der Waals surface area contributed by atoms with Gasteiger partial charge in [-0.05, 0) is 26.0 Å². The molecule has 0 fully saturated rings. The lowest BCUT2D eigenvalue weighted by Gasteiger charge is -2.18. The van der Waals surface area contributed by atoms with Crippen LogP contribution in [0.4, 0.5) is 0 Å². The van der Waals surface area contributed by atoms with Crippen molar-refractivity contribution in [3.05, 3.63) is 47.5 Å². The molecule has 0 heterocycles. The molecule has 0 spiro atoms. The molecule has 0 aliphatic rings. The lowest BCUT2D eigenvalue weighted by molar-refractivity contribution is -0.146. The van der Waals surface area contributed by atoms with Crippen molar-refractivity contribution in [2.75, 3.05) is 6.61 Å². The number of benzene rings is 1. The molecule has 7 nitrogen and oxygen atoms in total. The Bertz CT molecular complexity index is 619. The second-order valence-electron chi connectivity index (χ2n) is 5.09. The van der Waals surface area contributed by atoms with E-state index in [1.807, 2.05) is 0 Å². The highest BCUT2D eigenvalue weighted by Crippen LogP contribution is 2.12. The Balaban J connectivity index is 2.77. The van der Waals surface area contributed by atoms with Gasteiger partial charge in [-0.3, -0.25) is 0 Å². The predicted molar refractivity (Wildman–Crippen MR) is 84.7 cm³/mol. The van der Waals surface area contributed by atoms with Gasteiger partial charge in [-0.2, -0.15) is 0 Å². The maximum Gasteiger partial charge on any atom is 0.339 e. The largest absolute Gasteiger partial charge is 0.478 e. The van der Waals surface area contributed by atoms with Crippen molar-refractivity contribution in [1.29, 1.82) is 0 Å². The summed E-state index contributed by atoms with van der Waals surface area (Å²) in [5.74, 6) is -2.71. The number of carboxylic acids is 1. The Morgan fingerprint density at radius 2 is 1.83 bits per heavy atom. The third kappa shape index (κ3) is 6.21. The zero-order chi connectivity index (χ0) is 18.1. The van der Waals surface area contributed by atoms with Crippen molar-refractivity contribution in [1.82, 2.24) is 0 Å². The molecule has 0 bridgehead atoms. The van der Waals surface area contributed by atoms with E-state index in [2.05, 4.69) is 0 Å². The Labute approximate surface area is 139 Å². The number of ether oxygens (including phenoxy) is 2. The molecule has 0 saturated heterocycles. The highest BCUT2D eigenvalue weighted by molar-refractivity contribution is 6.02. The van der Waals surface area contributed by atoms with Crippen LogP contribution in [0.25, 0.3) is 0 Å². The zero-order valence-corrected chi connectivity index (χ0v) is 13.5. The van der Waals surface area contributed by atoms with Crippen LogP contribution in [0.2, 0.25) is 0 Å². The van der Waals surface area contributed by atoms with E-state index in [1.165, 1.54) is 43.3 Å². The van der Waals surface area contributed by atoms with Crippen LogP contribution in [0.15, 0.2) is 36.4 Å². The number of aromatic carboxylic acids is 1. The Morgan fingerprint density at radius 3 is 2.38 bits per heavy atom.